The minimum absolute atomic E-state index is 0.0745. The van der Waals surface area contributed by atoms with E-state index < -0.39 is 0 Å². The van der Waals surface area contributed by atoms with Gasteiger partial charge in [0.25, 0.3) is 5.91 Å². The van der Waals surface area contributed by atoms with E-state index >= 15 is 0 Å². The van der Waals surface area contributed by atoms with Gasteiger partial charge in [0.1, 0.15) is 0 Å². The van der Waals surface area contributed by atoms with Gasteiger partial charge in [-0.1, -0.05) is 29.8 Å². The first-order valence-electron chi connectivity index (χ1n) is 10.2. The van der Waals surface area contributed by atoms with Crippen LogP contribution >= 0.6 is 0 Å². The highest BCUT2D eigenvalue weighted by molar-refractivity contribution is 6.03. The quantitative estimate of drug-likeness (QED) is 0.785. The van der Waals surface area contributed by atoms with Crippen LogP contribution in [0.4, 0.5) is 16.2 Å². The summed E-state index contributed by atoms with van der Waals surface area (Å²) in [7, 11) is 0. The molecule has 0 atom stereocenters. The first-order chi connectivity index (χ1) is 14.1. The smallest absolute Gasteiger partial charge is 0.409 e. The average Bonchev–Trinajstić information content (AvgIpc) is 2.75. The maximum Gasteiger partial charge on any atom is 0.409 e. The Kier molecular flexibility index (Phi) is 5.43. The number of hydrogen-bond acceptors (Lipinski definition) is 4. The minimum Gasteiger partial charge on any atom is -0.450 e. The molecular formula is C23H27N3O3. The molecule has 2 aromatic carbocycles. The van der Waals surface area contributed by atoms with Gasteiger partial charge >= 0.3 is 6.09 Å². The van der Waals surface area contributed by atoms with E-state index in [0.29, 0.717) is 26.4 Å². The molecule has 0 spiro atoms. The molecule has 0 radical (unpaired) electrons. The van der Waals surface area contributed by atoms with Crippen LogP contribution in [0.5, 0.6) is 0 Å². The number of likely N-dealkylation sites (tertiary alicyclic amines) is 1. The van der Waals surface area contributed by atoms with E-state index in [4.69, 9.17) is 4.74 Å². The van der Waals surface area contributed by atoms with Crippen LogP contribution < -0.4 is 4.90 Å². The number of carbonyl (C=O) groups excluding carboxylic acids is 2. The molecule has 1 fully saturated rings. The third-order valence-corrected chi connectivity index (χ3v) is 5.73. The molecule has 2 amide bonds. The normalized spacial score (nSPS) is 17.3. The van der Waals surface area contributed by atoms with Gasteiger partial charge in [-0.15, -0.1) is 0 Å². The average molecular weight is 393 g/mol. The number of hydrogen-bond donors (Lipinski definition) is 0. The Morgan fingerprint density at radius 3 is 2.52 bits per heavy atom. The number of aryl methyl sites for hydroxylation is 1. The lowest BCUT2D eigenvalue weighted by Crippen LogP contribution is -2.54. The van der Waals surface area contributed by atoms with Crippen molar-refractivity contribution in [2.75, 3.05) is 31.3 Å². The SMILES string of the molecule is CCOC(=O)N1CCC(N2CN(c3ccccc3)c3ccc(C)cc3C2=O)CC1. The first kappa shape index (κ1) is 19.3. The zero-order chi connectivity index (χ0) is 20.4. The Labute approximate surface area is 171 Å². The van der Waals surface area contributed by atoms with Crippen molar-refractivity contribution in [2.45, 2.75) is 32.7 Å². The molecule has 2 aliphatic rings. The first-order valence-corrected chi connectivity index (χ1v) is 10.2. The van der Waals surface area contributed by atoms with Gasteiger partial charge in [-0.25, -0.2) is 4.79 Å². The summed E-state index contributed by atoms with van der Waals surface area (Å²) in [5, 5.41) is 0. The third-order valence-electron chi connectivity index (χ3n) is 5.73. The molecule has 0 N–H and O–H groups in total. The highest BCUT2D eigenvalue weighted by atomic mass is 16.6. The van der Waals surface area contributed by atoms with Gasteiger partial charge in [-0.3, -0.25) is 4.79 Å². The van der Waals surface area contributed by atoms with E-state index in [1.54, 1.807) is 4.90 Å². The highest BCUT2D eigenvalue weighted by Gasteiger charge is 2.36. The fraction of sp³-hybridized carbons (Fsp3) is 0.391. The summed E-state index contributed by atoms with van der Waals surface area (Å²) in [4.78, 5) is 31.3. The number of ether oxygens (including phenoxy) is 1. The summed E-state index contributed by atoms with van der Waals surface area (Å²) in [6, 6.07) is 16.3. The maximum atomic E-state index is 13.4. The Morgan fingerprint density at radius 2 is 1.83 bits per heavy atom. The van der Waals surface area contributed by atoms with Crippen LogP contribution in [0.2, 0.25) is 0 Å². The fourth-order valence-corrected chi connectivity index (χ4v) is 4.19. The van der Waals surface area contributed by atoms with Gasteiger partial charge in [0.05, 0.1) is 24.5 Å². The van der Waals surface area contributed by atoms with E-state index in [-0.39, 0.29) is 18.0 Å². The number of fused-ring (bicyclic) bond motifs is 1. The van der Waals surface area contributed by atoms with Crippen LogP contribution in [0.25, 0.3) is 0 Å². The van der Waals surface area contributed by atoms with Crippen LogP contribution in [-0.2, 0) is 4.74 Å². The lowest BCUT2D eigenvalue weighted by molar-refractivity contribution is 0.0529. The predicted molar refractivity (Wildman–Crippen MR) is 112 cm³/mol. The molecule has 2 heterocycles. The summed E-state index contributed by atoms with van der Waals surface area (Å²) < 4.78 is 5.12. The Bertz CT molecular complexity index is 891. The van der Waals surface area contributed by atoms with Crippen molar-refractivity contribution >= 4 is 23.4 Å². The summed E-state index contributed by atoms with van der Waals surface area (Å²) in [6.45, 7) is 5.94. The minimum atomic E-state index is -0.261. The van der Waals surface area contributed by atoms with Crippen molar-refractivity contribution in [3.05, 3.63) is 59.7 Å². The van der Waals surface area contributed by atoms with E-state index in [0.717, 1.165) is 35.3 Å². The van der Waals surface area contributed by atoms with E-state index in [2.05, 4.69) is 23.1 Å². The number of piperidine rings is 1. The molecule has 2 aliphatic heterocycles. The van der Waals surface area contributed by atoms with Crippen molar-refractivity contribution in [2.24, 2.45) is 0 Å². The maximum absolute atomic E-state index is 13.4. The standard InChI is InChI=1S/C23H27N3O3/c1-3-29-23(28)24-13-11-19(12-14-24)26-16-25(18-7-5-4-6-8-18)21-10-9-17(2)15-20(21)22(26)27/h4-10,15,19H,3,11-14,16H2,1-2H3. The van der Waals surface area contributed by atoms with Gasteiger partial charge in [0.2, 0.25) is 0 Å². The molecule has 0 unspecified atom stereocenters. The van der Waals surface area contributed by atoms with Gasteiger partial charge in [0.15, 0.2) is 0 Å². The summed E-state index contributed by atoms with van der Waals surface area (Å²) in [6.07, 6.45) is 1.26. The largest absolute Gasteiger partial charge is 0.450 e. The molecule has 4 rings (SSSR count). The number of nitrogens with zero attached hydrogens (tertiary/aromatic N) is 3. The Balaban J connectivity index is 1.59. The molecule has 6 heteroatoms. The summed E-state index contributed by atoms with van der Waals surface area (Å²) >= 11 is 0. The second kappa shape index (κ2) is 8.15. The summed E-state index contributed by atoms with van der Waals surface area (Å²) in [5.41, 5.74) is 3.84. The number of para-hydroxylation sites is 1. The number of amides is 2. The molecule has 0 bridgehead atoms. The topological polar surface area (TPSA) is 53.1 Å². The van der Waals surface area contributed by atoms with Crippen molar-refractivity contribution < 1.29 is 14.3 Å². The van der Waals surface area contributed by atoms with Crippen LogP contribution in [0.1, 0.15) is 35.7 Å². The monoisotopic (exact) mass is 393 g/mol. The van der Waals surface area contributed by atoms with Crippen molar-refractivity contribution in [1.82, 2.24) is 9.80 Å². The highest BCUT2D eigenvalue weighted by Crippen LogP contribution is 2.36. The molecule has 29 heavy (non-hydrogen) atoms. The van der Waals surface area contributed by atoms with Gasteiger partial charge in [0, 0.05) is 24.8 Å². The summed E-state index contributed by atoms with van der Waals surface area (Å²) in [5.74, 6) is 0.0745. The number of benzene rings is 2. The van der Waals surface area contributed by atoms with E-state index in [1.165, 1.54) is 0 Å². The molecule has 0 saturated carbocycles. The van der Waals surface area contributed by atoms with Crippen LogP contribution in [0.3, 0.4) is 0 Å². The molecule has 0 aromatic heterocycles. The lowest BCUT2D eigenvalue weighted by atomic mass is 9.99. The lowest BCUT2D eigenvalue weighted by Gasteiger charge is -2.44. The zero-order valence-electron chi connectivity index (χ0n) is 17.0. The second-order valence-corrected chi connectivity index (χ2v) is 7.62. The van der Waals surface area contributed by atoms with Crippen LogP contribution in [0.15, 0.2) is 48.5 Å². The van der Waals surface area contributed by atoms with E-state index in [1.807, 2.05) is 49.1 Å². The molecule has 2 aromatic rings. The van der Waals surface area contributed by atoms with Crippen molar-refractivity contribution in [3.63, 3.8) is 0 Å². The zero-order valence-corrected chi connectivity index (χ0v) is 17.0. The van der Waals surface area contributed by atoms with Crippen LogP contribution in [0, 0.1) is 6.92 Å². The van der Waals surface area contributed by atoms with Gasteiger partial charge < -0.3 is 19.4 Å². The number of anilines is 2. The molecule has 6 nitrogen and oxygen atoms in total. The number of carbonyl (C=O) groups is 2. The number of rotatable bonds is 3. The Morgan fingerprint density at radius 1 is 1.10 bits per heavy atom. The fourth-order valence-electron chi connectivity index (χ4n) is 4.19. The van der Waals surface area contributed by atoms with Crippen molar-refractivity contribution in [3.8, 4) is 0 Å². The van der Waals surface area contributed by atoms with Gasteiger partial charge in [-0.2, -0.15) is 0 Å². The Hall–Kier alpha value is -3.02. The van der Waals surface area contributed by atoms with Crippen molar-refractivity contribution in [1.29, 1.82) is 0 Å². The second-order valence-electron chi connectivity index (χ2n) is 7.62. The third kappa shape index (κ3) is 3.79. The predicted octanol–water partition coefficient (Wildman–Crippen LogP) is 4.17. The van der Waals surface area contributed by atoms with Gasteiger partial charge in [-0.05, 0) is 51.0 Å². The molecule has 0 aliphatic carbocycles. The van der Waals surface area contributed by atoms with Crippen LogP contribution in [-0.4, -0.2) is 54.2 Å². The molecule has 152 valence electrons. The molecule has 1 saturated heterocycles. The molecular weight excluding hydrogens is 366 g/mol. The van der Waals surface area contributed by atoms with E-state index in [9.17, 15) is 9.59 Å².